The predicted octanol–water partition coefficient (Wildman–Crippen LogP) is 2.62. The number of nitrogens with zero attached hydrogens (tertiary/aromatic N) is 3. The first-order valence-electron chi connectivity index (χ1n) is 5.89. The van der Waals surface area contributed by atoms with Gasteiger partial charge in [-0.25, -0.2) is 4.98 Å². The Hall–Kier alpha value is -2.36. The summed E-state index contributed by atoms with van der Waals surface area (Å²) in [5.41, 5.74) is 9.50. The van der Waals surface area contributed by atoms with E-state index < -0.39 is 0 Å². The van der Waals surface area contributed by atoms with Gasteiger partial charge in [-0.1, -0.05) is 6.07 Å². The molecule has 1 aromatic carbocycles. The van der Waals surface area contributed by atoms with Crippen LogP contribution >= 0.6 is 0 Å². The Bertz CT molecular complexity index is 673. The third-order valence-corrected chi connectivity index (χ3v) is 3.13. The zero-order chi connectivity index (χ0) is 12.5. The van der Waals surface area contributed by atoms with Crippen LogP contribution in [0.4, 0.5) is 5.69 Å². The SMILES string of the molecule is CC(c1ccccn1)n1cnc2cc(N)ccc21. The van der Waals surface area contributed by atoms with Gasteiger partial charge in [0.2, 0.25) is 0 Å². The van der Waals surface area contributed by atoms with Crippen molar-refractivity contribution in [3.05, 3.63) is 54.6 Å². The first kappa shape index (κ1) is 10.8. The number of nitrogen functional groups attached to an aromatic ring is 1. The van der Waals surface area contributed by atoms with Gasteiger partial charge in [0, 0.05) is 11.9 Å². The Kier molecular flexibility index (Phi) is 2.48. The molecule has 0 bridgehead atoms. The van der Waals surface area contributed by atoms with Crippen LogP contribution in [0.3, 0.4) is 0 Å². The van der Waals surface area contributed by atoms with Crippen molar-refractivity contribution in [2.24, 2.45) is 0 Å². The van der Waals surface area contributed by atoms with Gasteiger partial charge >= 0.3 is 0 Å². The number of anilines is 1. The van der Waals surface area contributed by atoms with Crippen molar-refractivity contribution in [3.63, 3.8) is 0 Å². The van der Waals surface area contributed by atoms with E-state index in [1.54, 1.807) is 0 Å². The van der Waals surface area contributed by atoms with Gasteiger partial charge in [-0.2, -0.15) is 0 Å². The van der Waals surface area contributed by atoms with Gasteiger partial charge in [0.15, 0.2) is 0 Å². The number of imidazole rings is 1. The lowest BCUT2D eigenvalue weighted by Gasteiger charge is -2.13. The molecule has 0 saturated heterocycles. The van der Waals surface area contributed by atoms with Crippen molar-refractivity contribution in [1.82, 2.24) is 14.5 Å². The molecule has 0 saturated carbocycles. The summed E-state index contributed by atoms with van der Waals surface area (Å²) >= 11 is 0. The van der Waals surface area contributed by atoms with Crippen molar-refractivity contribution in [2.45, 2.75) is 13.0 Å². The van der Waals surface area contributed by atoms with Gasteiger partial charge in [0.1, 0.15) is 0 Å². The molecule has 4 heteroatoms. The van der Waals surface area contributed by atoms with E-state index in [9.17, 15) is 0 Å². The van der Waals surface area contributed by atoms with Crippen molar-refractivity contribution in [1.29, 1.82) is 0 Å². The number of aromatic nitrogens is 3. The fourth-order valence-corrected chi connectivity index (χ4v) is 2.12. The summed E-state index contributed by atoms with van der Waals surface area (Å²) in [6.07, 6.45) is 3.65. The lowest BCUT2D eigenvalue weighted by Crippen LogP contribution is -2.06. The highest BCUT2D eigenvalue weighted by molar-refractivity contribution is 5.79. The van der Waals surface area contributed by atoms with E-state index in [4.69, 9.17) is 5.73 Å². The minimum absolute atomic E-state index is 0.153. The van der Waals surface area contributed by atoms with E-state index in [0.29, 0.717) is 0 Å². The minimum atomic E-state index is 0.153. The third-order valence-electron chi connectivity index (χ3n) is 3.13. The maximum absolute atomic E-state index is 5.76. The molecular weight excluding hydrogens is 224 g/mol. The van der Waals surface area contributed by atoms with Gasteiger partial charge in [-0.15, -0.1) is 0 Å². The number of hydrogen-bond acceptors (Lipinski definition) is 3. The van der Waals surface area contributed by atoms with E-state index in [1.165, 1.54) is 0 Å². The molecule has 0 aliphatic heterocycles. The van der Waals surface area contributed by atoms with Crippen LogP contribution < -0.4 is 5.73 Å². The molecular formula is C14H14N4. The Labute approximate surface area is 105 Å². The van der Waals surface area contributed by atoms with Crippen LogP contribution in [-0.2, 0) is 0 Å². The average molecular weight is 238 g/mol. The molecule has 0 aliphatic rings. The quantitative estimate of drug-likeness (QED) is 0.698. The van der Waals surface area contributed by atoms with Crippen LogP contribution in [0, 0.1) is 0 Å². The summed E-state index contributed by atoms with van der Waals surface area (Å²) in [5.74, 6) is 0. The number of nitrogens with two attached hydrogens (primary N) is 1. The van der Waals surface area contributed by atoms with Crippen molar-refractivity contribution in [3.8, 4) is 0 Å². The molecule has 0 aliphatic carbocycles. The van der Waals surface area contributed by atoms with E-state index >= 15 is 0 Å². The topological polar surface area (TPSA) is 56.7 Å². The monoisotopic (exact) mass is 238 g/mol. The number of hydrogen-bond donors (Lipinski definition) is 1. The van der Waals surface area contributed by atoms with Crippen molar-refractivity contribution >= 4 is 16.7 Å². The number of benzene rings is 1. The normalized spacial score (nSPS) is 12.7. The van der Waals surface area contributed by atoms with Gasteiger partial charge in [0.05, 0.1) is 29.1 Å². The van der Waals surface area contributed by atoms with Crippen LogP contribution in [0.25, 0.3) is 11.0 Å². The highest BCUT2D eigenvalue weighted by Gasteiger charge is 2.12. The number of pyridine rings is 1. The largest absolute Gasteiger partial charge is 0.399 e. The van der Waals surface area contributed by atoms with Crippen LogP contribution in [0.2, 0.25) is 0 Å². The molecule has 4 nitrogen and oxygen atoms in total. The van der Waals surface area contributed by atoms with Gasteiger partial charge in [-0.3, -0.25) is 4.98 Å². The number of rotatable bonds is 2. The van der Waals surface area contributed by atoms with Crippen LogP contribution in [0.5, 0.6) is 0 Å². The molecule has 90 valence electrons. The molecule has 18 heavy (non-hydrogen) atoms. The lowest BCUT2D eigenvalue weighted by molar-refractivity contribution is 0.638. The van der Waals surface area contributed by atoms with Crippen LogP contribution in [0.15, 0.2) is 48.9 Å². The zero-order valence-electron chi connectivity index (χ0n) is 10.1. The van der Waals surface area contributed by atoms with E-state index in [2.05, 4.69) is 21.5 Å². The Morgan fingerprint density at radius 3 is 2.83 bits per heavy atom. The molecule has 3 rings (SSSR count). The molecule has 3 aromatic rings. The van der Waals surface area contributed by atoms with Crippen molar-refractivity contribution in [2.75, 3.05) is 5.73 Å². The second kappa shape index (κ2) is 4.14. The summed E-state index contributed by atoms with van der Waals surface area (Å²) in [7, 11) is 0. The highest BCUT2D eigenvalue weighted by atomic mass is 15.1. The molecule has 1 unspecified atom stereocenters. The lowest BCUT2D eigenvalue weighted by atomic mass is 10.2. The second-order valence-electron chi connectivity index (χ2n) is 4.33. The highest BCUT2D eigenvalue weighted by Crippen LogP contribution is 2.23. The summed E-state index contributed by atoms with van der Waals surface area (Å²) in [6, 6.07) is 11.9. The number of fused-ring (bicyclic) bond motifs is 1. The van der Waals surface area contributed by atoms with E-state index in [-0.39, 0.29) is 6.04 Å². The minimum Gasteiger partial charge on any atom is -0.399 e. The summed E-state index contributed by atoms with van der Waals surface area (Å²) in [6.45, 7) is 2.11. The molecule has 0 spiro atoms. The molecule has 2 aromatic heterocycles. The molecule has 1 atom stereocenters. The van der Waals surface area contributed by atoms with Gasteiger partial charge in [0.25, 0.3) is 0 Å². The fourth-order valence-electron chi connectivity index (χ4n) is 2.12. The summed E-state index contributed by atoms with van der Waals surface area (Å²) in [4.78, 5) is 8.77. The summed E-state index contributed by atoms with van der Waals surface area (Å²) in [5, 5.41) is 0. The first-order valence-corrected chi connectivity index (χ1v) is 5.89. The molecule has 0 amide bonds. The summed E-state index contributed by atoms with van der Waals surface area (Å²) < 4.78 is 2.11. The van der Waals surface area contributed by atoms with Gasteiger partial charge in [-0.05, 0) is 37.3 Å². The smallest absolute Gasteiger partial charge is 0.0964 e. The second-order valence-corrected chi connectivity index (χ2v) is 4.33. The average Bonchev–Trinajstić information content (AvgIpc) is 2.81. The van der Waals surface area contributed by atoms with E-state index in [0.717, 1.165) is 22.4 Å². The fraction of sp³-hybridized carbons (Fsp3) is 0.143. The van der Waals surface area contributed by atoms with Gasteiger partial charge < -0.3 is 10.3 Å². The molecule has 2 heterocycles. The Morgan fingerprint density at radius 1 is 1.17 bits per heavy atom. The Morgan fingerprint density at radius 2 is 2.06 bits per heavy atom. The van der Waals surface area contributed by atoms with Crippen LogP contribution in [-0.4, -0.2) is 14.5 Å². The third kappa shape index (κ3) is 1.72. The molecule has 2 N–H and O–H groups in total. The Balaban J connectivity index is 2.10. The van der Waals surface area contributed by atoms with Crippen LogP contribution in [0.1, 0.15) is 18.7 Å². The maximum atomic E-state index is 5.76. The van der Waals surface area contributed by atoms with E-state index in [1.807, 2.05) is 48.9 Å². The standard InChI is InChI=1S/C14H14N4/c1-10(12-4-2-3-7-16-12)18-9-17-13-8-11(15)5-6-14(13)18/h2-10H,15H2,1H3. The molecule has 0 fully saturated rings. The maximum Gasteiger partial charge on any atom is 0.0964 e. The van der Waals surface area contributed by atoms with Crippen molar-refractivity contribution < 1.29 is 0 Å². The predicted molar refractivity (Wildman–Crippen MR) is 72.2 cm³/mol. The molecule has 0 radical (unpaired) electrons. The first-order chi connectivity index (χ1) is 8.75. The zero-order valence-corrected chi connectivity index (χ0v) is 10.1.